The van der Waals surface area contributed by atoms with Crippen LogP contribution in [0.2, 0.25) is 0 Å². The minimum absolute atomic E-state index is 0. The van der Waals surface area contributed by atoms with Gasteiger partial charge in [-0.3, -0.25) is 0 Å². The zero-order valence-electron chi connectivity index (χ0n) is 18.8. The fourth-order valence-corrected chi connectivity index (χ4v) is 9.35. The van der Waals surface area contributed by atoms with Gasteiger partial charge in [0.2, 0.25) is 0 Å². The SMILES string of the molecule is CC[P@]([c-]1cccc1P(c1ccccc1)c1ccccc1)C(C)(C)C.[Fe].[cH-]1[cH-][cH-][cH-][cH-]1. The molecular formula is C28H32FeP2-6. The van der Waals surface area contributed by atoms with E-state index in [1.807, 2.05) is 30.3 Å². The van der Waals surface area contributed by atoms with E-state index in [1.165, 1.54) is 16.8 Å². The molecule has 4 aromatic carbocycles. The van der Waals surface area contributed by atoms with Gasteiger partial charge < -0.3 is 30.3 Å². The van der Waals surface area contributed by atoms with Gasteiger partial charge in [0, 0.05) is 17.1 Å². The predicted octanol–water partition coefficient (Wildman–Crippen LogP) is 6.49. The Balaban J connectivity index is 0.000000501. The summed E-state index contributed by atoms with van der Waals surface area (Å²) in [4.78, 5) is 0. The summed E-state index contributed by atoms with van der Waals surface area (Å²) in [5.74, 6) is 0. The van der Waals surface area contributed by atoms with Crippen LogP contribution in [0.3, 0.4) is 0 Å². The monoisotopic (exact) mass is 486 g/mol. The van der Waals surface area contributed by atoms with E-state index in [0.29, 0.717) is 5.16 Å². The van der Waals surface area contributed by atoms with E-state index in [9.17, 15) is 0 Å². The van der Waals surface area contributed by atoms with E-state index in [2.05, 4.69) is 107 Å². The molecule has 0 fully saturated rings. The molecule has 0 unspecified atom stereocenters. The molecule has 0 amide bonds. The third-order valence-electron chi connectivity index (χ3n) is 5.01. The summed E-state index contributed by atoms with van der Waals surface area (Å²) in [7, 11) is -0.674. The van der Waals surface area contributed by atoms with Gasteiger partial charge in [-0.1, -0.05) is 88.4 Å². The molecule has 4 rings (SSSR count). The Morgan fingerprint density at radius 3 is 1.55 bits per heavy atom. The Morgan fingerprint density at radius 2 is 1.16 bits per heavy atom. The molecule has 0 heterocycles. The molecule has 0 bridgehead atoms. The van der Waals surface area contributed by atoms with Crippen molar-refractivity contribution in [2.24, 2.45) is 0 Å². The van der Waals surface area contributed by atoms with Gasteiger partial charge in [0.25, 0.3) is 0 Å². The fourth-order valence-electron chi connectivity index (χ4n) is 3.73. The van der Waals surface area contributed by atoms with Crippen molar-refractivity contribution in [1.82, 2.24) is 0 Å². The van der Waals surface area contributed by atoms with Gasteiger partial charge in [-0.05, 0) is 29.8 Å². The van der Waals surface area contributed by atoms with Crippen LogP contribution in [0.4, 0.5) is 0 Å². The van der Waals surface area contributed by atoms with E-state index < -0.39 is 7.92 Å². The minimum Gasteiger partial charge on any atom is -0.748 e. The van der Waals surface area contributed by atoms with Crippen LogP contribution in [-0.4, -0.2) is 11.3 Å². The maximum Gasteiger partial charge on any atom is 0 e. The van der Waals surface area contributed by atoms with Gasteiger partial charge in [0.1, 0.15) is 0 Å². The van der Waals surface area contributed by atoms with Crippen LogP contribution >= 0.6 is 15.8 Å². The van der Waals surface area contributed by atoms with Gasteiger partial charge >= 0.3 is 0 Å². The normalized spacial score (nSPS) is 11.9. The number of hydrogen-bond donors (Lipinski definition) is 0. The van der Waals surface area contributed by atoms with E-state index in [-0.39, 0.29) is 25.0 Å². The summed E-state index contributed by atoms with van der Waals surface area (Å²) in [5.41, 5.74) is 0. The van der Waals surface area contributed by atoms with Crippen LogP contribution < -0.4 is 21.2 Å². The minimum atomic E-state index is -0.499. The molecule has 0 N–H and O–H groups in total. The second-order valence-corrected chi connectivity index (χ2v) is 13.7. The molecule has 31 heavy (non-hydrogen) atoms. The topological polar surface area (TPSA) is 0 Å². The Bertz CT molecular complexity index is 910. The molecule has 3 heteroatoms. The summed E-state index contributed by atoms with van der Waals surface area (Å²) in [6.45, 7) is 9.53. The molecular weight excluding hydrogens is 454 g/mol. The first kappa shape index (κ1) is 25.8. The molecule has 0 aliphatic rings. The second kappa shape index (κ2) is 12.5. The smallest absolute Gasteiger partial charge is 0 e. The Kier molecular flexibility index (Phi) is 10.4. The van der Waals surface area contributed by atoms with Crippen LogP contribution in [0.1, 0.15) is 27.7 Å². The Morgan fingerprint density at radius 1 is 0.710 bits per heavy atom. The molecule has 0 radical (unpaired) electrons. The Labute approximate surface area is 201 Å². The molecule has 0 nitrogen and oxygen atoms in total. The molecule has 0 saturated carbocycles. The zero-order chi connectivity index (χ0) is 21.4. The number of rotatable bonds is 5. The van der Waals surface area contributed by atoms with Gasteiger partial charge in [-0.15, -0.1) is 18.5 Å². The van der Waals surface area contributed by atoms with Crippen molar-refractivity contribution in [2.45, 2.75) is 32.9 Å². The molecule has 0 spiro atoms. The summed E-state index contributed by atoms with van der Waals surface area (Å²) in [6, 6.07) is 39.1. The molecule has 0 aliphatic carbocycles. The molecule has 0 aliphatic heterocycles. The van der Waals surface area contributed by atoms with Crippen molar-refractivity contribution < 1.29 is 17.1 Å². The van der Waals surface area contributed by atoms with Crippen molar-refractivity contribution in [2.75, 3.05) is 6.16 Å². The van der Waals surface area contributed by atoms with Crippen molar-refractivity contribution >= 4 is 37.1 Å². The van der Waals surface area contributed by atoms with Crippen molar-refractivity contribution in [1.29, 1.82) is 0 Å². The fraction of sp³-hybridized carbons (Fsp3) is 0.214. The Hall–Kier alpha value is -1.48. The van der Waals surface area contributed by atoms with Crippen LogP contribution in [0.5, 0.6) is 0 Å². The molecule has 4 aromatic rings. The van der Waals surface area contributed by atoms with Crippen LogP contribution in [0, 0.1) is 0 Å². The third kappa shape index (κ3) is 7.00. The van der Waals surface area contributed by atoms with E-state index in [4.69, 9.17) is 0 Å². The quantitative estimate of drug-likeness (QED) is 0.172. The summed E-state index contributed by atoms with van der Waals surface area (Å²) >= 11 is 0. The summed E-state index contributed by atoms with van der Waals surface area (Å²) in [5, 5.41) is 6.37. The van der Waals surface area contributed by atoms with Crippen molar-refractivity contribution in [3.8, 4) is 0 Å². The van der Waals surface area contributed by atoms with E-state index in [0.717, 1.165) is 0 Å². The first-order valence-electron chi connectivity index (χ1n) is 10.6. The number of benzene rings is 2. The largest absolute Gasteiger partial charge is 0.748 e. The first-order valence-corrected chi connectivity index (χ1v) is 13.5. The van der Waals surface area contributed by atoms with Crippen molar-refractivity contribution in [3.05, 3.63) is 109 Å². The third-order valence-corrected chi connectivity index (χ3v) is 10.9. The first-order chi connectivity index (χ1) is 14.5. The second-order valence-electron chi connectivity index (χ2n) is 8.18. The van der Waals surface area contributed by atoms with Crippen LogP contribution in [0.25, 0.3) is 0 Å². The predicted molar refractivity (Wildman–Crippen MR) is 140 cm³/mol. The molecule has 168 valence electrons. The average Bonchev–Trinajstić information content (AvgIpc) is 3.46. The van der Waals surface area contributed by atoms with Crippen LogP contribution in [0.15, 0.2) is 109 Å². The average molecular weight is 486 g/mol. The van der Waals surface area contributed by atoms with Gasteiger partial charge in [0.15, 0.2) is 0 Å². The maximum atomic E-state index is 2.40. The molecule has 0 aromatic heterocycles. The van der Waals surface area contributed by atoms with Crippen molar-refractivity contribution in [3.63, 3.8) is 0 Å². The van der Waals surface area contributed by atoms with Gasteiger partial charge in [-0.25, -0.2) is 12.1 Å². The summed E-state index contributed by atoms with van der Waals surface area (Å²) < 4.78 is 0. The number of hydrogen-bond acceptors (Lipinski definition) is 0. The van der Waals surface area contributed by atoms with E-state index >= 15 is 0 Å². The van der Waals surface area contributed by atoms with Crippen LogP contribution in [-0.2, 0) is 17.1 Å². The standard InChI is InChI=1S/C23H27P2.C5H5.Fe/c1-5-24(23(2,3)4)21-17-12-18-22(21)25(19-13-8-6-9-14-19)20-15-10-7-11-16-20;1-2-4-5-3-1;/h6-18H,5H2,1-4H3;1-5H;/q-1;-5;/t24-;;/m1../s1. The van der Waals surface area contributed by atoms with E-state index in [1.54, 1.807) is 10.6 Å². The molecule has 0 saturated heterocycles. The summed E-state index contributed by atoms with van der Waals surface area (Å²) in [6.07, 6.45) is 1.24. The zero-order valence-corrected chi connectivity index (χ0v) is 21.7. The van der Waals surface area contributed by atoms with Gasteiger partial charge in [-0.2, -0.15) is 6.07 Å². The molecule has 1 atom stereocenters. The van der Waals surface area contributed by atoms with Gasteiger partial charge in [0.05, 0.1) is 0 Å². The maximum absolute atomic E-state index is 2.40.